The molecule has 8 heteroatoms. The molecule has 0 aliphatic carbocycles. The number of benzene rings is 1. The summed E-state index contributed by atoms with van der Waals surface area (Å²) in [7, 11) is 0. The maximum atomic E-state index is 11.4. The summed E-state index contributed by atoms with van der Waals surface area (Å²) < 4.78 is 5.51. The van der Waals surface area contributed by atoms with Crippen molar-refractivity contribution in [3.63, 3.8) is 0 Å². The summed E-state index contributed by atoms with van der Waals surface area (Å²) in [5.74, 6) is 0.921. The molecular weight excluding hydrogens is 298 g/mol. The highest BCUT2D eigenvalue weighted by atomic mass is 16.6. The van der Waals surface area contributed by atoms with Gasteiger partial charge in [-0.05, 0) is 25.5 Å². The van der Waals surface area contributed by atoms with Crippen LogP contribution >= 0.6 is 0 Å². The summed E-state index contributed by atoms with van der Waals surface area (Å²) >= 11 is 0. The van der Waals surface area contributed by atoms with Crippen molar-refractivity contribution in [3.05, 3.63) is 40.7 Å². The summed E-state index contributed by atoms with van der Waals surface area (Å²) in [6, 6.07) is 7.21. The number of para-hydroxylation sites is 2. The Balaban J connectivity index is 2.38. The van der Waals surface area contributed by atoms with Gasteiger partial charge in [-0.1, -0.05) is 19.1 Å². The minimum Gasteiger partial charge on any atom is -0.492 e. The highest BCUT2D eigenvalue weighted by molar-refractivity contribution is 5.75. The number of anilines is 3. The van der Waals surface area contributed by atoms with E-state index in [0.717, 1.165) is 6.42 Å². The van der Waals surface area contributed by atoms with Crippen LogP contribution in [0.15, 0.2) is 30.6 Å². The smallest absolute Gasteiger partial charge is 0.353 e. The quantitative estimate of drug-likeness (QED) is 0.568. The van der Waals surface area contributed by atoms with Gasteiger partial charge in [0.15, 0.2) is 0 Å². The third-order valence-electron chi connectivity index (χ3n) is 2.99. The van der Waals surface area contributed by atoms with Gasteiger partial charge in [0.1, 0.15) is 12.1 Å². The van der Waals surface area contributed by atoms with E-state index in [-0.39, 0.29) is 17.3 Å². The van der Waals surface area contributed by atoms with Gasteiger partial charge in [0, 0.05) is 6.54 Å². The fraction of sp³-hybridized carbons (Fsp3) is 0.333. The lowest BCUT2D eigenvalue weighted by Crippen LogP contribution is -2.09. The van der Waals surface area contributed by atoms with Gasteiger partial charge < -0.3 is 15.4 Å². The van der Waals surface area contributed by atoms with Gasteiger partial charge in [0.05, 0.1) is 17.2 Å². The monoisotopic (exact) mass is 317 g/mol. The first kappa shape index (κ1) is 16.5. The number of hydrogen-bond donors (Lipinski definition) is 2. The predicted molar refractivity (Wildman–Crippen MR) is 88.4 cm³/mol. The SMILES string of the molecule is CCCNc1ncnc(Nc2ccccc2OCC)c1[N+](=O)[O-]. The summed E-state index contributed by atoms with van der Waals surface area (Å²) in [5.41, 5.74) is 0.421. The molecule has 2 N–H and O–H groups in total. The van der Waals surface area contributed by atoms with Gasteiger partial charge in [-0.25, -0.2) is 9.97 Å². The molecule has 0 saturated carbocycles. The van der Waals surface area contributed by atoms with Crippen LogP contribution in [0, 0.1) is 10.1 Å². The molecule has 1 heterocycles. The van der Waals surface area contributed by atoms with E-state index in [9.17, 15) is 10.1 Å². The van der Waals surface area contributed by atoms with Crippen LogP contribution in [0.25, 0.3) is 0 Å². The van der Waals surface area contributed by atoms with Gasteiger partial charge in [0.25, 0.3) is 0 Å². The standard InChI is InChI=1S/C15H19N5O3/c1-3-9-16-14-13(20(21)22)15(18-10-17-14)19-11-7-5-6-8-12(11)23-4-2/h5-8,10H,3-4,9H2,1-2H3,(H2,16,17,18,19). The molecule has 0 saturated heterocycles. The van der Waals surface area contributed by atoms with Crippen LogP contribution in [0.1, 0.15) is 20.3 Å². The Hall–Kier alpha value is -2.90. The Morgan fingerprint density at radius 3 is 2.65 bits per heavy atom. The predicted octanol–water partition coefficient (Wildman–Crippen LogP) is 3.35. The molecule has 0 spiro atoms. The minimum atomic E-state index is -0.496. The zero-order chi connectivity index (χ0) is 16.7. The highest BCUT2D eigenvalue weighted by Crippen LogP contribution is 2.34. The molecular formula is C15H19N5O3. The number of nitrogens with zero attached hydrogens (tertiary/aromatic N) is 3. The molecule has 2 rings (SSSR count). The second-order valence-corrected chi connectivity index (χ2v) is 4.66. The van der Waals surface area contributed by atoms with Gasteiger partial charge in [0.2, 0.25) is 11.6 Å². The highest BCUT2D eigenvalue weighted by Gasteiger charge is 2.23. The molecule has 0 aliphatic rings. The molecule has 0 bridgehead atoms. The van der Waals surface area contributed by atoms with Crippen LogP contribution in [0.5, 0.6) is 5.75 Å². The number of hydrogen-bond acceptors (Lipinski definition) is 7. The van der Waals surface area contributed by atoms with E-state index in [1.165, 1.54) is 6.33 Å². The Kier molecular flexibility index (Phi) is 5.67. The minimum absolute atomic E-state index is 0.121. The first-order chi connectivity index (χ1) is 11.2. The average Bonchev–Trinajstić information content (AvgIpc) is 2.54. The van der Waals surface area contributed by atoms with Crippen molar-refractivity contribution in [2.45, 2.75) is 20.3 Å². The van der Waals surface area contributed by atoms with Crippen molar-refractivity contribution < 1.29 is 9.66 Å². The number of nitrogens with one attached hydrogen (secondary N) is 2. The number of aromatic nitrogens is 2. The molecule has 0 radical (unpaired) electrons. The zero-order valence-electron chi connectivity index (χ0n) is 13.1. The van der Waals surface area contributed by atoms with E-state index in [1.807, 2.05) is 26.0 Å². The van der Waals surface area contributed by atoms with Gasteiger partial charge >= 0.3 is 5.69 Å². The van der Waals surface area contributed by atoms with Crippen LogP contribution in [-0.2, 0) is 0 Å². The summed E-state index contributed by atoms with van der Waals surface area (Å²) in [6.45, 7) is 4.93. The average molecular weight is 317 g/mol. The molecule has 0 aliphatic heterocycles. The summed E-state index contributed by atoms with van der Waals surface area (Å²) in [4.78, 5) is 18.9. The van der Waals surface area contributed by atoms with Crippen LogP contribution < -0.4 is 15.4 Å². The van der Waals surface area contributed by atoms with Gasteiger partial charge in [-0.2, -0.15) is 0 Å². The Morgan fingerprint density at radius 2 is 1.96 bits per heavy atom. The Labute approximate surface area is 134 Å². The van der Waals surface area contributed by atoms with Crippen molar-refractivity contribution >= 4 is 23.0 Å². The van der Waals surface area contributed by atoms with Crippen LogP contribution in [0.4, 0.5) is 23.0 Å². The lowest BCUT2D eigenvalue weighted by molar-refractivity contribution is -0.383. The Bertz CT molecular complexity index is 678. The second kappa shape index (κ2) is 7.92. The second-order valence-electron chi connectivity index (χ2n) is 4.66. The van der Waals surface area contributed by atoms with Crippen LogP contribution in [0.2, 0.25) is 0 Å². The first-order valence-electron chi connectivity index (χ1n) is 7.39. The summed E-state index contributed by atoms with van der Waals surface area (Å²) in [6.07, 6.45) is 2.12. The maximum Gasteiger partial charge on any atom is 0.353 e. The first-order valence-corrected chi connectivity index (χ1v) is 7.39. The number of rotatable bonds is 8. The third-order valence-corrected chi connectivity index (χ3v) is 2.99. The van der Waals surface area contributed by atoms with E-state index in [0.29, 0.717) is 24.6 Å². The summed E-state index contributed by atoms with van der Waals surface area (Å²) in [5, 5.41) is 17.3. The van der Waals surface area contributed by atoms with Crippen molar-refractivity contribution in [1.82, 2.24) is 9.97 Å². The van der Waals surface area contributed by atoms with E-state index in [1.54, 1.807) is 12.1 Å². The van der Waals surface area contributed by atoms with Gasteiger partial charge in [-0.15, -0.1) is 0 Å². The fourth-order valence-corrected chi connectivity index (χ4v) is 1.99. The number of nitro groups is 1. The molecule has 0 unspecified atom stereocenters. The van der Waals surface area contributed by atoms with E-state index < -0.39 is 4.92 Å². The lowest BCUT2D eigenvalue weighted by atomic mass is 10.3. The molecule has 0 fully saturated rings. The molecule has 0 atom stereocenters. The Morgan fingerprint density at radius 1 is 1.22 bits per heavy atom. The van der Waals surface area contributed by atoms with Gasteiger partial charge in [-0.3, -0.25) is 10.1 Å². The molecule has 1 aromatic heterocycles. The molecule has 122 valence electrons. The van der Waals surface area contributed by atoms with Crippen molar-refractivity contribution in [1.29, 1.82) is 0 Å². The van der Waals surface area contributed by atoms with E-state index >= 15 is 0 Å². The molecule has 8 nitrogen and oxygen atoms in total. The fourth-order valence-electron chi connectivity index (χ4n) is 1.99. The molecule has 1 aromatic carbocycles. The maximum absolute atomic E-state index is 11.4. The number of ether oxygens (including phenoxy) is 1. The zero-order valence-corrected chi connectivity index (χ0v) is 13.1. The lowest BCUT2D eigenvalue weighted by Gasteiger charge is -2.12. The van der Waals surface area contributed by atoms with Crippen LogP contribution in [0.3, 0.4) is 0 Å². The molecule has 2 aromatic rings. The van der Waals surface area contributed by atoms with E-state index in [4.69, 9.17) is 4.74 Å². The van der Waals surface area contributed by atoms with E-state index in [2.05, 4.69) is 20.6 Å². The van der Waals surface area contributed by atoms with Crippen molar-refractivity contribution in [2.75, 3.05) is 23.8 Å². The largest absolute Gasteiger partial charge is 0.492 e. The molecule has 0 amide bonds. The van der Waals surface area contributed by atoms with Crippen molar-refractivity contribution in [2.24, 2.45) is 0 Å². The molecule has 23 heavy (non-hydrogen) atoms. The normalized spacial score (nSPS) is 10.2. The topological polar surface area (TPSA) is 102 Å². The van der Waals surface area contributed by atoms with Crippen LogP contribution in [-0.4, -0.2) is 28.0 Å². The van der Waals surface area contributed by atoms with Crippen molar-refractivity contribution in [3.8, 4) is 5.75 Å². The third kappa shape index (κ3) is 4.06.